The third-order valence-electron chi connectivity index (χ3n) is 6.14. The first-order valence-electron chi connectivity index (χ1n) is 16.5. The van der Waals surface area contributed by atoms with Gasteiger partial charge in [-0.05, 0) is 103 Å². The largest absolute Gasteiger partial charge is 0.381 e. The van der Waals surface area contributed by atoms with E-state index in [1.165, 1.54) is 0 Å². The number of hydrogen-bond donors (Lipinski definition) is 0. The standard InChI is InChI=1S/C32H66O7/c1-5-21-33-27-17-11-19-31(36-23-7-3)38-29-15-9-13-25-35-26-14-10-16-30-39-32(37-24-8-4)20-12-18-28-34-22-6-2/h31-32H,5-30H2,1-4H3. The number of ether oxygens (including phenoxy) is 7. The van der Waals surface area contributed by atoms with Crippen LogP contribution in [-0.4, -0.2) is 78.6 Å². The van der Waals surface area contributed by atoms with Crippen LogP contribution in [-0.2, 0) is 33.2 Å². The normalized spacial score (nSPS) is 13.2. The Morgan fingerprint density at radius 3 is 1.00 bits per heavy atom. The summed E-state index contributed by atoms with van der Waals surface area (Å²) >= 11 is 0. The summed E-state index contributed by atoms with van der Waals surface area (Å²) < 4.78 is 40.7. The second-order valence-corrected chi connectivity index (χ2v) is 10.3. The van der Waals surface area contributed by atoms with Crippen molar-refractivity contribution in [1.82, 2.24) is 0 Å². The van der Waals surface area contributed by atoms with E-state index in [1.807, 2.05) is 0 Å². The highest BCUT2D eigenvalue weighted by Crippen LogP contribution is 2.11. The average molecular weight is 563 g/mol. The van der Waals surface area contributed by atoms with Gasteiger partial charge in [-0.25, -0.2) is 0 Å². The lowest BCUT2D eigenvalue weighted by Crippen LogP contribution is -2.19. The summed E-state index contributed by atoms with van der Waals surface area (Å²) in [4.78, 5) is 0. The van der Waals surface area contributed by atoms with E-state index in [2.05, 4.69) is 27.7 Å². The molecule has 0 heterocycles. The van der Waals surface area contributed by atoms with Crippen molar-refractivity contribution < 1.29 is 33.2 Å². The molecule has 2 atom stereocenters. The molecule has 0 spiro atoms. The monoisotopic (exact) mass is 562 g/mol. The van der Waals surface area contributed by atoms with Crippen molar-refractivity contribution in [3.8, 4) is 0 Å². The van der Waals surface area contributed by atoms with Gasteiger partial charge in [0.1, 0.15) is 0 Å². The minimum Gasteiger partial charge on any atom is -0.381 e. The van der Waals surface area contributed by atoms with E-state index < -0.39 is 0 Å². The molecule has 2 unspecified atom stereocenters. The molecular formula is C32H66O7. The summed E-state index contributed by atoms with van der Waals surface area (Å²) in [5.74, 6) is 0. The van der Waals surface area contributed by atoms with Crippen molar-refractivity contribution in [2.45, 2.75) is 143 Å². The molecule has 0 aliphatic heterocycles. The molecule has 7 nitrogen and oxygen atoms in total. The fourth-order valence-corrected chi connectivity index (χ4v) is 3.95. The first-order chi connectivity index (χ1) is 19.3. The molecule has 0 amide bonds. The van der Waals surface area contributed by atoms with E-state index in [0.717, 1.165) is 169 Å². The molecule has 0 aromatic carbocycles. The molecule has 0 aliphatic rings. The van der Waals surface area contributed by atoms with Crippen LogP contribution in [0.4, 0.5) is 0 Å². The van der Waals surface area contributed by atoms with Gasteiger partial charge in [0.05, 0.1) is 0 Å². The highest BCUT2D eigenvalue weighted by Gasteiger charge is 2.10. The van der Waals surface area contributed by atoms with Crippen molar-refractivity contribution >= 4 is 0 Å². The van der Waals surface area contributed by atoms with Gasteiger partial charge in [-0.2, -0.15) is 0 Å². The second-order valence-electron chi connectivity index (χ2n) is 10.3. The highest BCUT2D eigenvalue weighted by atomic mass is 16.7. The van der Waals surface area contributed by atoms with Crippen LogP contribution in [0.15, 0.2) is 0 Å². The van der Waals surface area contributed by atoms with Crippen LogP contribution >= 0.6 is 0 Å². The molecule has 0 saturated heterocycles. The Labute approximate surface area is 242 Å². The summed E-state index contributed by atoms with van der Waals surface area (Å²) in [6, 6.07) is 0. The first-order valence-corrected chi connectivity index (χ1v) is 16.5. The first kappa shape index (κ1) is 38.7. The predicted octanol–water partition coefficient (Wildman–Crippen LogP) is 8.08. The van der Waals surface area contributed by atoms with Gasteiger partial charge < -0.3 is 33.2 Å². The molecule has 0 aliphatic carbocycles. The molecule has 236 valence electrons. The van der Waals surface area contributed by atoms with Crippen LogP contribution in [0.5, 0.6) is 0 Å². The lowest BCUT2D eigenvalue weighted by molar-refractivity contribution is -0.147. The molecule has 0 N–H and O–H groups in total. The molecule has 39 heavy (non-hydrogen) atoms. The summed E-state index contributed by atoms with van der Waals surface area (Å²) in [5.41, 5.74) is 0. The molecule has 0 aromatic rings. The minimum atomic E-state index is -0.0741. The van der Waals surface area contributed by atoms with E-state index >= 15 is 0 Å². The predicted molar refractivity (Wildman–Crippen MR) is 160 cm³/mol. The maximum absolute atomic E-state index is 6.00. The topological polar surface area (TPSA) is 64.6 Å². The van der Waals surface area contributed by atoms with Gasteiger partial charge in [-0.3, -0.25) is 0 Å². The van der Waals surface area contributed by atoms with Gasteiger partial charge in [-0.1, -0.05) is 27.7 Å². The Bertz CT molecular complexity index is 401. The number of hydrogen-bond acceptors (Lipinski definition) is 7. The van der Waals surface area contributed by atoms with Crippen molar-refractivity contribution in [3.05, 3.63) is 0 Å². The van der Waals surface area contributed by atoms with E-state index in [0.29, 0.717) is 0 Å². The van der Waals surface area contributed by atoms with Gasteiger partial charge in [0.25, 0.3) is 0 Å². The molecule has 0 aromatic heterocycles. The Morgan fingerprint density at radius 1 is 0.308 bits per heavy atom. The van der Waals surface area contributed by atoms with Crippen molar-refractivity contribution in [2.24, 2.45) is 0 Å². The van der Waals surface area contributed by atoms with Crippen LogP contribution in [0, 0.1) is 0 Å². The number of unbranched alkanes of at least 4 members (excludes halogenated alkanes) is 6. The summed E-state index contributed by atoms with van der Waals surface area (Å²) in [7, 11) is 0. The van der Waals surface area contributed by atoms with Gasteiger partial charge in [-0.15, -0.1) is 0 Å². The Balaban J connectivity index is 3.62. The molecule has 0 fully saturated rings. The zero-order chi connectivity index (χ0) is 28.5. The van der Waals surface area contributed by atoms with Crippen LogP contribution in [0.1, 0.15) is 130 Å². The molecule has 0 radical (unpaired) electrons. The molecule has 0 bridgehead atoms. The summed E-state index contributed by atoms with van der Waals surface area (Å²) in [6.07, 6.45) is 16.8. The van der Waals surface area contributed by atoms with Crippen LogP contribution in [0.2, 0.25) is 0 Å². The van der Waals surface area contributed by atoms with E-state index in [1.54, 1.807) is 0 Å². The third kappa shape index (κ3) is 30.5. The average Bonchev–Trinajstić information content (AvgIpc) is 2.95. The Hall–Kier alpha value is -0.280. The fraction of sp³-hybridized carbons (Fsp3) is 1.00. The zero-order valence-electron chi connectivity index (χ0n) is 26.4. The number of rotatable bonds is 34. The molecular weight excluding hydrogens is 496 g/mol. The molecule has 0 rings (SSSR count). The summed E-state index contributed by atoms with van der Waals surface area (Å²) in [6.45, 7) is 16.7. The van der Waals surface area contributed by atoms with Crippen LogP contribution in [0.25, 0.3) is 0 Å². The second kappa shape index (κ2) is 33.9. The zero-order valence-corrected chi connectivity index (χ0v) is 26.4. The SMILES string of the molecule is CCCOCCCCC(OCCC)OCCCCCOCCCCCOC(CCCCOCCC)OCCC. The van der Waals surface area contributed by atoms with Gasteiger partial charge >= 0.3 is 0 Å². The van der Waals surface area contributed by atoms with Gasteiger partial charge in [0, 0.05) is 66.1 Å². The van der Waals surface area contributed by atoms with Crippen molar-refractivity contribution in [3.63, 3.8) is 0 Å². The van der Waals surface area contributed by atoms with Crippen LogP contribution in [0.3, 0.4) is 0 Å². The van der Waals surface area contributed by atoms with Gasteiger partial charge in [0.15, 0.2) is 12.6 Å². The van der Waals surface area contributed by atoms with E-state index in [9.17, 15) is 0 Å². The fourth-order valence-electron chi connectivity index (χ4n) is 3.95. The van der Waals surface area contributed by atoms with Crippen LogP contribution < -0.4 is 0 Å². The Morgan fingerprint density at radius 2 is 0.615 bits per heavy atom. The lowest BCUT2D eigenvalue weighted by Gasteiger charge is -2.18. The minimum absolute atomic E-state index is 0.0741. The van der Waals surface area contributed by atoms with Crippen molar-refractivity contribution in [1.29, 1.82) is 0 Å². The maximum Gasteiger partial charge on any atom is 0.157 e. The summed E-state index contributed by atoms with van der Waals surface area (Å²) in [5, 5.41) is 0. The lowest BCUT2D eigenvalue weighted by atomic mass is 10.2. The third-order valence-corrected chi connectivity index (χ3v) is 6.14. The van der Waals surface area contributed by atoms with E-state index in [-0.39, 0.29) is 12.6 Å². The highest BCUT2D eigenvalue weighted by molar-refractivity contribution is 4.51. The quantitative estimate of drug-likeness (QED) is 0.0580. The molecule has 0 saturated carbocycles. The smallest absolute Gasteiger partial charge is 0.157 e. The maximum atomic E-state index is 6.00. The molecule has 7 heteroatoms. The Kier molecular flexibility index (Phi) is 33.7. The van der Waals surface area contributed by atoms with E-state index in [4.69, 9.17) is 33.2 Å². The van der Waals surface area contributed by atoms with Gasteiger partial charge in [0.2, 0.25) is 0 Å². The van der Waals surface area contributed by atoms with Crippen molar-refractivity contribution in [2.75, 3.05) is 66.1 Å².